The molecule has 0 aliphatic carbocycles. The van der Waals surface area contributed by atoms with E-state index in [0.717, 1.165) is 11.1 Å². The molecule has 4 rings (SSSR count). The fourth-order valence-corrected chi connectivity index (χ4v) is 5.02. The van der Waals surface area contributed by atoms with Crippen LogP contribution in [0.15, 0.2) is 59.5 Å². The summed E-state index contributed by atoms with van der Waals surface area (Å²) in [5.41, 5.74) is 3.00. The van der Waals surface area contributed by atoms with Gasteiger partial charge >= 0.3 is 0 Å². The van der Waals surface area contributed by atoms with E-state index in [-0.39, 0.29) is 35.2 Å². The Labute approximate surface area is 219 Å². The number of fused-ring (bicyclic) bond motifs is 1. The Morgan fingerprint density at radius 2 is 1.92 bits per heavy atom. The number of carbonyl (C=O) groups excluding carboxylic acids is 1. The van der Waals surface area contributed by atoms with Crippen LogP contribution >= 0.6 is 0 Å². The number of carbonyl (C=O) groups is 1. The number of anilines is 1. The third-order valence-electron chi connectivity index (χ3n) is 6.30. The van der Waals surface area contributed by atoms with E-state index in [1.165, 1.54) is 18.2 Å². The van der Waals surface area contributed by atoms with Crippen molar-refractivity contribution in [1.29, 1.82) is 0 Å². The summed E-state index contributed by atoms with van der Waals surface area (Å²) in [5.74, 6) is 3.16. The Hall–Kier alpha value is -4.36. The number of pyridine rings is 1. The van der Waals surface area contributed by atoms with Gasteiger partial charge in [-0.05, 0) is 49.2 Å². The Bertz CT molecular complexity index is 1740. The number of hydrogen-bond acceptors (Lipinski definition) is 7. The second-order valence-corrected chi connectivity index (χ2v) is 11.1. The van der Waals surface area contributed by atoms with Crippen LogP contribution in [0.3, 0.4) is 0 Å². The normalized spacial score (nSPS) is 13.0. The first-order valence-electron chi connectivity index (χ1n) is 11.6. The largest absolute Gasteiger partial charge is 0.355 e. The molecule has 38 heavy (non-hydrogen) atoms. The molecule has 2 heterocycles. The number of hydrogen-bond donors (Lipinski definition) is 1. The molecule has 10 heteroatoms. The highest BCUT2D eigenvalue weighted by Crippen LogP contribution is 2.37. The lowest BCUT2D eigenvalue weighted by molar-refractivity contribution is -0.113. The first kappa shape index (κ1) is 26.7. The van der Waals surface area contributed by atoms with Crippen LogP contribution in [-0.2, 0) is 26.2 Å². The molecule has 2 aromatic carbocycles. The van der Waals surface area contributed by atoms with Crippen molar-refractivity contribution in [3.63, 3.8) is 0 Å². The second kappa shape index (κ2) is 10.2. The van der Waals surface area contributed by atoms with Gasteiger partial charge in [0, 0.05) is 23.9 Å². The van der Waals surface area contributed by atoms with E-state index in [0.29, 0.717) is 35.2 Å². The number of nitrogens with zero attached hydrogens (tertiary/aromatic N) is 3. The van der Waals surface area contributed by atoms with Crippen molar-refractivity contribution < 1.29 is 17.6 Å². The molecule has 0 aliphatic rings. The van der Waals surface area contributed by atoms with Gasteiger partial charge < -0.3 is 9.88 Å². The van der Waals surface area contributed by atoms with Crippen molar-refractivity contribution in [1.82, 2.24) is 15.0 Å². The Balaban J connectivity index is 1.71. The smallest absolute Gasteiger partial charge is 0.290 e. The fourth-order valence-electron chi connectivity index (χ4n) is 4.26. The number of H-pyrrole nitrogens is 1. The second-order valence-electron chi connectivity index (χ2n) is 8.99. The Morgan fingerprint density at radius 3 is 2.55 bits per heavy atom. The summed E-state index contributed by atoms with van der Waals surface area (Å²) in [6.45, 7) is 4.27. The lowest BCUT2D eigenvalue weighted by Crippen LogP contribution is -2.32. The van der Waals surface area contributed by atoms with Crippen LogP contribution in [0.2, 0.25) is 0 Å². The highest BCUT2D eigenvalue weighted by Gasteiger charge is 2.45. The number of aromatic nitrogens is 3. The van der Waals surface area contributed by atoms with Gasteiger partial charge in [0.1, 0.15) is 5.82 Å². The lowest BCUT2D eigenvalue weighted by Gasteiger charge is -2.24. The number of terminal acetylenes is 1. The Morgan fingerprint density at radius 1 is 1.18 bits per heavy atom. The minimum atomic E-state index is -4.41. The molecule has 0 radical (unpaired) electrons. The molecule has 2 aromatic heterocycles. The first-order valence-corrected chi connectivity index (χ1v) is 13.5. The Kier molecular flexibility index (Phi) is 7.16. The van der Waals surface area contributed by atoms with Crippen molar-refractivity contribution in [3.8, 4) is 23.6 Å². The van der Waals surface area contributed by atoms with Crippen LogP contribution in [0.5, 0.6) is 0 Å². The van der Waals surface area contributed by atoms with Crippen LogP contribution < -0.4 is 10.5 Å². The molecule has 1 unspecified atom stereocenters. The van der Waals surface area contributed by atoms with Crippen LogP contribution in [0, 0.1) is 26.2 Å². The molecule has 0 amide bonds. The summed E-state index contributed by atoms with van der Waals surface area (Å²) < 4.78 is 39.7. The van der Waals surface area contributed by atoms with Gasteiger partial charge in [-0.25, -0.2) is 17.8 Å². The van der Waals surface area contributed by atoms with E-state index < -0.39 is 14.8 Å². The third-order valence-corrected chi connectivity index (χ3v) is 7.69. The fraction of sp³-hybridized carbons (Fsp3) is 0.214. The summed E-state index contributed by atoms with van der Waals surface area (Å²) in [6.07, 6.45) is 7.63. The summed E-state index contributed by atoms with van der Waals surface area (Å²) in [6, 6.07) is 12.8. The summed E-state index contributed by atoms with van der Waals surface area (Å²) in [7, 11) is -4.41. The molecule has 0 bridgehead atoms. The highest BCUT2D eigenvalue weighted by molar-refractivity contribution is 7.92. The standard InChI is InChI=1S/C28H25FN4O4S/c1-5-12-33(16-20-14-23-26(13-18(20)2)31-19(3)32-27(23)35)21-10-11-25(30-15-21)22-8-6-7-9-24(22)28(29,17-34)38(4,36)37/h1,6-11,13-15,17H,12,16H2,2-4H3,(H,31,32,35). The van der Waals surface area contributed by atoms with Gasteiger partial charge in [-0.15, -0.1) is 6.42 Å². The monoisotopic (exact) mass is 532 g/mol. The van der Waals surface area contributed by atoms with Crippen LogP contribution in [0.1, 0.15) is 22.5 Å². The van der Waals surface area contributed by atoms with E-state index >= 15 is 4.39 Å². The molecule has 0 saturated carbocycles. The number of aromatic amines is 1. The van der Waals surface area contributed by atoms with Gasteiger partial charge in [-0.3, -0.25) is 14.6 Å². The van der Waals surface area contributed by atoms with E-state index in [9.17, 15) is 18.0 Å². The maximum Gasteiger partial charge on any atom is 0.290 e. The van der Waals surface area contributed by atoms with E-state index in [2.05, 4.69) is 20.9 Å². The number of aryl methyl sites for hydroxylation is 2. The zero-order valence-corrected chi connectivity index (χ0v) is 21.8. The van der Waals surface area contributed by atoms with E-state index in [1.807, 2.05) is 17.9 Å². The lowest BCUT2D eigenvalue weighted by atomic mass is 10.00. The molecule has 1 atom stereocenters. The SMILES string of the molecule is C#CCN(Cc1cc2c(=O)[nH]c(C)nc2cc1C)c1ccc(-c2ccccc2C(F)(C=O)S(C)(=O)=O)nc1. The molecule has 194 valence electrons. The minimum Gasteiger partial charge on any atom is -0.355 e. The van der Waals surface area contributed by atoms with Gasteiger partial charge in [0.05, 0.1) is 35.0 Å². The van der Waals surface area contributed by atoms with Crippen molar-refractivity contribution in [3.05, 3.63) is 87.6 Å². The van der Waals surface area contributed by atoms with Gasteiger partial charge in [-0.1, -0.05) is 30.2 Å². The van der Waals surface area contributed by atoms with E-state index in [1.54, 1.807) is 37.4 Å². The maximum absolute atomic E-state index is 15.4. The van der Waals surface area contributed by atoms with Crippen molar-refractivity contribution >= 4 is 32.7 Å². The third kappa shape index (κ3) is 4.93. The summed E-state index contributed by atoms with van der Waals surface area (Å²) in [5, 5.41) is -2.74. The topological polar surface area (TPSA) is 113 Å². The molecule has 1 N–H and O–H groups in total. The van der Waals surface area contributed by atoms with Crippen LogP contribution in [0.25, 0.3) is 22.2 Å². The number of nitrogens with one attached hydrogen (secondary N) is 1. The predicted octanol–water partition coefficient (Wildman–Crippen LogP) is 3.61. The molecule has 4 aromatic rings. The quantitative estimate of drug-likeness (QED) is 0.272. The number of halogens is 1. The maximum atomic E-state index is 15.4. The number of benzene rings is 2. The first-order chi connectivity index (χ1) is 18.0. The molecular weight excluding hydrogens is 507 g/mol. The zero-order chi connectivity index (χ0) is 27.7. The highest BCUT2D eigenvalue weighted by atomic mass is 32.2. The van der Waals surface area contributed by atoms with Crippen molar-refractivity contribution in [2.24, 2.45) is 0 Å². The zero-order valence-electron chi connectivity index (χ0n) is 21.0. The van der Waals surface area contributed by atoms with Crippen molar-refractivity contribution in [2.75, 3.05) is 17.7 Å². The van der Waals surface area contributed by atoms with Gasteiger partial charge in [-0.2, -0.15) is 0 Å². The van der Waals surface area contributed by atoms with Gasteiger partial charge in [0.2, 0.25) is 0 Å². The average Bonchev–Trinajstić information content (AvgIpc) is 2.88. The molecule has 0 saturated heterocycles. The van der Waals surface area contributed by atoms with Crippen molar-refractivity contribution in [2.45, 2.75) is 25.4 Å². The van der Waals surface area contributed by atoms with E-state index in [4.69, 9.17) is 6.42 Å². The number of alkyl halides is 1. The van der Waals surface area contributed by atoms with Crippen LogP contribution in [-0.4, -0.2) is 42.5 Å². The molecule has 0 spiro atoms. The van der Waals surface area contributed by atoms with Gasteiger partial charge in [0.15, 0.2) is 16.1 Å². The molecule has 0 fully saturated rings. The average molecular weight is 533 g/mol. The number of rotatable bonds is 8. The van der Waals surface area contributed by atoms with Crippen LogP contribution in [0.4, 0.5) is 10.1 Å². The number of sulfone groups is 1. The number of aldehydes is 1. The molecular formula is C28H25FN4O4S. The summed E-state index contributed by atoms with van der Waals surface area (Å²) in [4.78, 5) is 37.4. The summed E-state index contributed by atoms with van der Waals surface area (Å²) >= 11 is 0. The predicted molar refractivity (Wildman–Crippen MR) is 145 cm³/mol. The van der Waals surface area contributed by atoms with Gasteiger partial charge in [0.25, 0.3) is 10.6 Å². The molecule has 0 aliphatic heterocycles. The minimum absolute atomic E-state index is 0.176. The molecule has 8 nitrogen and oxygen atoms in total.